The zero-order valence-electron chi connectivity index (χ0n) is 17.0. The van der Waals surface area contributed by atoms with E-state index in [4.69, 9.17) is 23.2 Å². The predicted molar refractivity (Wildman–Crippen MR) is 129 cm³/mol. The lowest BCUT2D eigenvalue weighted by molar-refractivity contribution is -0.115. The van der Waals surface area contributed by atoms with Crippen molar-refractivity contribution >= 4 is 63.8 Å². The molecular weight excluding hydrogens is 469 g/mol. The van der Waals surface area contributed by atoms with Crippen molar-refractivity contribution in [1.29, 1.82) is 0 Å². The van der Waals surface area contributed by atoms with Gasteiger partial charge in [0.2, 0.25) is 0 Å². The third-order valence-corrected chi connectivity index (χ3v) is 6.66. The van der Waals surface area contributed by atoms with Crippen molar-refractivity contribution in [3.63, 3.8) is 0 Å². The molecule has 0 unspecified atom stereocenters. The molecule has 0 atom stereocenters. The Kier molecular flexibility index (Phi) is 6.15. The first-order valence-electron chi connectivity index (χ1n) is 9.51. The molecule has 2 heterocycles. The number of aliphatic imine (C=N–C) groups is 1. The Hall–Kier alpha value is -3.00. The van der Waals surface area contributed by atoms with Gasteiger partial charge in [-0.05, 0) is 67.6 Å². The topological polar surface area (TPSA) is 83.7 Å². The van der Waals surface area contributed by atoms with Crippen LogP contribution in [-0.4, -0.2) is 26.7 Å². The van der Waals surface area contributed by atoms with Crippen LogP contribution in [0.1, 0.15) is 27.3 Å². The number of hydrogen-bond acceptors (Lipinski definition) is 4. The first-order chi connectivity index (χ1) is 15.3. The summed E-state index contributed by atoms with van der Waals surface area (Å²) in [5.41, 5.74) is 3.72. The molecule has 6 nitrogen and oxygen atoms in total. The monoisotopic (exact) mass is 485 g/mol. The molecule has 1 aromatic heterocycles. The molecule has 0 saturated carbocycles. The lowest BCUT2D eigenvalue weighted by Gasteiger charge is -2.12. The summed E-state index contributed by atoms with van der Waals surface area (Å²) in [7, 11) is 0. The van der Waals surface area contributed by atoms with Gasteiger partial charge in [0.05, 0.1) is 31.9 Å². The van der Waals surface area contributed by atoms with E-state index >= 15 is 0 Å². The third-order valence-electron chi connectivity index (χ3n) is 4.94. The molecule has 1 aliphatic heterocycles. The lowest BCUT2D eigenvalue weighted by atomic mass is 10.1. The van der Waals surface area contributed by atoms with E-state index in [1.165, 1.54) is 11.8 Å². The van der Waals surface area contributed by atoms with E-state index < -0.39 is 5.97 Å². The summed E-state index contributed by atoms with van der Waals surface area (Å²) >= 11 is 13.4. The first-order valence-corrected chi connectivity index (χ1v) is 11.1. The number of halogens is 2. The summed E-state index contributed by atoms with van der Waals surface area (Å²) < 4.78 is 1.87. The number of carbonyl (C=O) groups is 2. The minimum atomic E-state index is -1.00. The lowest BCUT2D eigenvalue weighted by Crippen LogP contribution is -2.19. The number of amidine groups is 1. The fourth-order valence-electron chi connectivity index (χ4n) is 3.46. The zero-order chi connectivity index (χ0) is 23.0. The summed E-state index contributed by atoms with van der Waals surface area (Å²) in [5, 5.41) is 13.4. The molecule has 9 heteroatoms. The van der Waals surface area contributed by atoms with Crippen molar-refractivity contribution in [3.8, 4) is 5.69 Å². The van der Waals surface area contributed by atoms with E-state index in [1.807, 2.05) is 24.5 Å². The van der Waals surface area contributed by atoms with Crippen LogP contribution in [0.4, 0.5) is 5.69 Å². The van der Waals surface area contributed by atoms with Gasteiger partial charge in [-0.25, -0.2) is 9.79 Å². The summed E-state index contributed by atoms with van der Waals surface area (Å²) in [6.07, 6.45) is 1.77. The summed E-state index contributed by atoms with van der Waals surface area (Å²) in [4.78, 5) is 29.1. The second-order valence-corrected chi connectivity index (χ2v) is 8.85. The normalized spacial score (nSPS) is 16.1. The second-order valence-electron chi connectivity index (χ2n) is 7.04. The van der Waals surface area contributed by atoms with Gasteiger partial charge in [0, 0.05) is 11.4 Å². The summed E-state index contributed by atoms with van der Waals surface area (Å²) in [6, 6.07) is 13.8. The molecule has 4 rings (SSSR count). The Morgan fingerprint density at radius 3 is 2.66 bits per heavy atom. The molecule has 3 aromatic rings. The van der Waals surface area contributed by atoms with Crippen molar-refractivity contribution in [3.05, 3.63) is 86.0 Å². The van der Waals surface area contributed by atoms with Crippen LogP contribution in [0.15, 0.2) is 58.4 Å². The van der Waals surface area contributed by atoms with Gasteiger partial charge in [-0.2, -0.15) is 0 Å². The predicted octanol–water partition coefficient (Wildman–Crippen LogP) is 5.99. The average molecular weight is 486 g/mol. The molecule has 1 amide bonds. The van der Waals surface area contributed by atoms with E-state index in [0.29, 0.717) is 31.5 Å². The zero-order valence-corrected chi connectivity index (χ0v) is 19.3. The molecule has 0 aliphatic carbocycles. The van der Waals surface area contributed by atoms with Crippen molar-refractivity contribution in [2.24, 2.45) is 4.99 Å². The number of aryl methyl sites for hydroxylation is 1. The molecule has 1 saturated heterocycles. The minimum absolute atomic E-state index is 0.203. The van der Waals surface area contributed by atoms with Crippen LogP contribution in [0.2, 0.25) is 10.0 Å². The van der Waals surface area contributed by atoms with Gasteiger partial charge in [-0.15, -0.1) is 0 Å². The highest BCUT2D eigenvalue weighted by molar-refractivity contribution is 8.18. The molecule has 0 spiro atoms. The SMILES string of the molecule is Cc1cc(/C=C2\SC(=Nc3cccc(Cl)c3Cl)NC2=O)c(C)n1-c1ccccc1C(=O)O. The number of nitrogens with zero attached hydrogens (tertiary/aromatic N) is 2. The van der Waals surface area contributed by atoms with Crippen molar-refractivity contribution < 1.29 is 14.7 Å². The highest BCUT2D eigenvalue weighted by Crippen LogP contribution is 2.35. The molecule has 162 valence electrons. The number of carboxylic acid groups (broad SMARTS) is 1. The van der Waals surface area contributed by atoms with Crippen molar-refractivity contribution in [1.82, 2.24) is 9.88 Å². The smallest absolute Gasteiger partial charge is 0.337 e. The Labute approximate surface area is 198 Å². The van der Waals surface area contributed by atoms with E-state index in [-0.39, 0.29) is 11.5 Å². The largest absolute Gasteiger partial charge is 0.478 e. The van der Waals surface area contributed by atoms with Crippen molar-refractivity contribution in [2.75, 3.05) is 0 Å². The fourth-order valence-corrected chi connectivity index (χ4v) is 4.63. The Bertz CT molecular complexity index is 1330. The van der Waals surface area contributed by atoms with E-state index in [1.54, 1.807) is 48.5 Å². The molecule has 32 heavy (non-hydrogen) atoms. The maximum atomic E-state index is 12.5. The number of rotatable bonds is 4. The van der Waals surface area contributed by atoms with Gasteiger partial charge < -0.3 is 15.0 Å². The van der Waals surface area contributed by atoms with Crippen LogP contribution in [0.5, 0.6) is 0 Å². The highest BCUT2D eigenvalue weighted by Gasteiger charge is 2.25. The maximum Gasteiger partial charge on any atom is 0.337 e. The Balaban J connectivity index is 1.69. The number of carboxylic acids is 1. The number of para-hydroxylation sites is 1. The van der Waals surface area contributed by atoms with Gasteiger partial charge in [0.1, 0.15) is 0 Å². The number of thioether (sulfide) groups is 1. The number of benzene rings is 2. The van der Waals surface area contributed by atoms with Crippen LogP contribution < -0.4 is 5.32 Å². The summed E-state index contributed by atoms with van der Waals surface area (Å²) in [6.45, 7) is 3.78. The van der Waals surface area contributed by atoms with E-state index in [2.05, 4.69) is 10.3 Å². The molecule has 1 fully saturated rings. The molecule has 1 aliphatic rings. The van der Waals surface area contributed by atoms with Gasteiger partial charge >= 0.3 is 5.97 Å². The number of hydrogen-bond donors (Lipinski definition) is 2. The van der Waals surface area contributed by atoms with Crippen LogP contribution >= 0.6 is 35.0 Å². The van der Waals surface area contributed by atoms with E-state index in [0.717, 1.165) is 17.0 Å². The number of aromatic nitrogens is 1. The third kappa shape index (κ3) is 4.19. The molecule has 2 aromatic carbocycles. The second kappa shape index (κ2) is 8.86. The van der Waals surface area contributed by atoms with Crippen LogP contribution in [0.3, 0.4) is 0 Å². The number of nitrogens with one attached hydrogen (secondary N) is 1. The van der Waals surface area contributed by atoms with Crippen molar-refractivity contribution in [2.45, 2.75) is 13.8 Å². The summed E-state index contributed by atoms with van der Waals surface area (Å²) in [5.74, 6) is -1.28. The van der Waals surface area contributed by atoms with Gasteiger partial charge in [-0.3, -0.25) is 4.79 Å². The Morgan fingerprint density at radius 1 is 1.16 bits per heavy atom. The first kappa shape index (κ1) is 22.2. The molecule has 0 bridgehead atoms. The Morgan fingerprint density at radius 2 is 1.91 bits per heavy atom. The molecular formula is C23H17Cl2N3O3S. The van der Waals surface area contributed by atoms with Crippen LogP contribution in [0.25, 0.3) is 11.8 Å². The van der Waals surface area contributed by atoms with Crippen LogP contribution in [0, 0.1) is 13.8 Å². The number of amides is 1. The van der Waals surface area contributed by atoms with Gasteiger partial charge in [0.15, 0.2) is 5.17 Å². The quantitative estimate of drug-likeness (QED) is 0.444. The number of aromatic carboxylic acids is 1. The molecule has 0 radical (unpaired) electrons. The maximum absolute atomic E-state index is 12.5. The van der Waals surface area contributed by atoms with Gasteiger partial charge in [-0.1, -0.05) is 41.4 Å². The fraction of sp³-hybridized carbons (Fsp3) is 0.0870. The van der Waals surface area contributed by atoms with E-state index in [9.17, 15) is 14.7 Å². The van der Waals surface area contributed by atoms with Crippen LogP contribution in [-0.2, 0) is 4.79 Å². The minimum Gasteiger partial charge on any atom is -0.478 e. The average Bonchev–Trinajstić information content (AvgIpc) is 3.23. The molecule has 2 N–H and O–H groups in total. The highest BCUT2D eigenvalue weighted by atomic mass is 35.5. The van der Waals surface area contributed by atoms with Gasteiger partial charge in [0.25, 0.3) is 5.91 Å². The standard InChI is InChI=1S/C23H17Cl2N3O3S/c1-12-10-14(13(2)28(12)18-9-4-3-6-15(18)22(30)31)11-19-21(29)27-23(32-19)26-17-8-5-7-16(24)20(17)25/h3-11H,1-2H3,(H,30,31)(H,26,27,29)/b19-11-. The number of carbonyl (C=O) groups excluding carboxylic acids is 1.